The Morgan fingerprint density at radius 2 is 1.93 bits per heavy atom. The van der Waals surface area contributed by atoms with Crippen LogP contribution in [-0.2, 0) is 0 Å². The first-order valence-corrected chi connectivity index (χ1v) is 5.35. The van der Waals surface area contributed by atoms with Crippen LogP contribution in [0.3, 0.4) is 0 Å². The highest BCUT2D eigenvalue weighted by Gasteiger charge is 2.17. The molecule has 4 nitrogen and oxygen atoms in total. The van der Waals surface area contributed by atoms with Gasteiger partial charge >= 0.3 is 0 Å². The summed E-state index contributed by atoms with van der Waals surface area (Å²) in [7, 11) is 0. The number of nitrogens with one attached hydrogen (secondary N) is 1. The molecule has 80 valence electrons. The van der Waals surface area contributed by atoms with Crippen molar-refractivity contribution in [3.8, 4) is 0 Å². The van der Waals surface area contributed by atoms with Gasteiger partial charge < -0.3 is 5.32 Å². The lowest BCUT2D eigenvalue weighted by atomic mass is 10.2. The van der Waals surface area contributed by atoms with Gasteiger partial charge in [0.1, 0.15) is 5.82 Å². The minimum atomic E-state index is -0.0538. The summed E-state index contributed by atoms with van der Waals surface area (Å²) in [6.45, 7) is 1.80. The molecular formula is C11H15N3O. The number of hydrogen-bond donors (Lipinski definition) is 1. The van der Waals surface area contributed by atoms with E-state index in [2.05, 4.69) is 15.3 Å². The minimum Gasteiger partial charge on any atom is -0.349 e. The highest BCUT2D eigenvalue weighted by Crippen LogP contribution is 2.17. The molecule has 4 heteroatoms. The van der Waals surface area contributed by atoms with Crippen molar-refractivity contribution in [2.24, 2.45) is 0 Å². The Morgan fingerprint density at radius 3 is 2.53 bits per heavy atom. The lowest BCUT2D eigenvalue weighted by Gasteiger charge is -2.11. The first-order chi connectivity index (χ1) is 7.25. The maximum atomic E-state index is 11.7. The monoisotopic (exact) mass is 205 g/mol. The van der Waals surface area contributed by atoms with Crippen LogP contribution in [0.4, 0.5) is 0 Å². The first kappa shape index (κ1) is 10.1. The third-order valence-corrected chi connectivity index (χ3v) is 2.73. The van der Waals surface area contributed by atoms with Gasteiger partial charge in [0.2, 0.25) is 0 Å². The van der Waals surface area contributed by atoms with Gasteiger partial charge in [-0.25, -0.2) is 9.97 Å². The van der Waals surface area contributed by atoms with Crippen molar-refractivity contribution >= 4 is 5.91 Å². The lowest BCUT2D eigenvalue weighted by Crippen LogP contribution is -2.32. The zero-order chi connectivity index (χ0) is 10.7. The average Bonchev–Trinajstić information content (AvgIpc) is 2.71. The first-order valence-electron chi connectivity index (χ1n) is 5.35. The van der Waals surface area contributed by atoms with Gasteiger partial charge in [-0.1, -0.05) is 12.8 Å². The third-order valence-electron chi connectivity index (χ3n) is 2.73. The summed E-state index contributed by atoms with van der Waals surface area (Å²) in [5.41, 5.74) is 0.549. The van der Waals surface area contributed by atoms with Crippen molar-refractivity contribution in [1.82, 2.24) is 15.3 Å². The van der Waals surface area contributed by atoms with Crippen molar-refractivity contribution in [2.75, 3.05) is 0 Å². The second-order valence-corrected chi connectivity index (χ2v) is 3.97. The molecule has 0 unspecified atom stereocenters. The number of aromatic nitrogens is 2. The molecule has 0 saturated heterocycles. The predicted octanol–water partition coefficient (Wildman–Crippen LogP) is 1.46. The van der Waals surface area contributed by atoms with Crippen LogP contribution in [0.5, 0.6) is 0 Å². The van der Waals surface area contributed by atoms with Crippen molar-refractivity contribution in [2.45, 2.75) is 38.6 Å². The lowest BCUT2D eigenvalue weighted by molar-refractivity contribution is 0.0937. The van der Waals surface area contributed by atoms with E-state index in [1.165, 1.54) is 12.8 Å². The maximum absolute atomic E-state index is 11.7. The highest BCUT2D eigenvalue weighted by atomic mass is 16.1. The van der Waals surface area contributed by atoms with Gasteiger partial charge in [0.05, 0.1) is 5.56 Å². The summed E-state index contributed by atoms with van der Waals surface area (Å²) in [5.74, 6) is 0.634. The Hall–Kier alpha value is -1.45. The molecular weight excluding hydrogens is 190 g/mol. The van der Waals surface area contributed by atoms with Crippen LogP contribution in [0, 0.1) is 6.92 Å². The quantitative estimate of drug-likeness (QED) is 0.795. The Labute approximate surface area is 89.1 Å². The number of rotatable bonds is 2. The second-order valence-electron chi connectivity index (χ2n) is 3.97. The molecule has 1 aromatic rings. The summed E-state index contributed by atoms with van der Waals surface area (Å²) in [6, 6.07) is 0.346. The summed E-state index contributed by atoms with van der Waals surface area (Å²) < 4.78 is 0. The Balaban J connectivity index is 1.98. The fraction of sp³-hybridized carbons (Fsp3) is 0.545. The normalized spacial score (nSPS) is 16.6. The fourth-order valence-corrected chi connectivity index (χ4v) is 1.85. The molecule has 1 amide bonds. The smallest absolute Gasteiger partial charge is 0.254 e. The van der Waals surface area contributed by atoms with Crippen molar-refractivity contribution in [3.05, 3.63) is 23.8 Å². The zero-order valence-electron chi connectivity index (χ0n) is 8.86. The molecule has 0 aliphatic heterocycles. The molecule has 2 rings (SSSR count). The molecule has 0 radical (unpaired) electrons. The molecule has 1 fully saturated rings. The number of nitrogens with zero attached hydrogens (tertiary/aromatic N) is 2. The van der Waals surface area contributed by atoms with Crippen molar-refractivity contribution in [1.29, 1.82) is 0 Å². The Bertz CT molecular complexity index is 341. The molecule has 0 atom stereocenters. The van der Waals surface area contributed by atoms with Crippen molar-refractivity contribution in [3.63, 3.8) is 0 Å². The van der Waals surface area contributed by atoms with Crippen molar-refractivity contribution < 1.29 is 4.79 Å². The molecule has 0 spiro atoms. The fourth-order valence-electron chi connectivity index (χ4n) is 1.85. The highest BCUT2D eigenvalue weighted by molar-refractivity contribution is 5.93. The largest absolute Gasteiger partial charge is 0.349 e. The zero-order valence-corrected chi connectivity index (χ0v) is 8.86. The van der Waals surface area contributed by atoms with Crippen LogP contribution in [0.2, 0.25) is 0 Å². The van der Waals surface area contributed by atoms with Crippen LogP contribution in [0.25, 0.3) is 0 Å². The molecule has 1 aliphatic rings. The molecule has 1 heterocycles. The van der Waals surface area contributed by atoms with E-state index in [1.54, 1.807) is 19.3 Å². The maximum Gasteiger partial charge on any atom is 0.254 e. The summed E-state index contributed by atoms with van der Waals surface area (Å²) in [5, 5.41) is 3.00. The minimum absolute atomic E-state index is 0.0538. The molecule has 1 aliphatic carbocycles. The number of carbonyl (C=O) groups excluding carboxylic acids is 1. The number of hydrogen-bond acceptors (Lipinski definition) is 3. The molecule has 1 N–H and O–H groups in total. The SMILES string of the molecule is Cc1ncc(C(=O)NC2CCCC2)cn1. The van der Waals surface area contributed by atoms with Gasteiger partial charge in [-0.05, 0) is 19.8 Å². The van der Waals surface area contributed by atoms with Gasteiger partial charge in [0.15, 0.2) is 0 Å². The summed E-state index contributed by atoms with van der Waals surface area (Å²) >= 11 is 0. The van der Waals surface area contributed by atoms with E-state index in [-0.39, 0.29) is 5.91 Å². The summed E-state index contributed by atoms with van der Waals surface area (Å²) in [4.78, 5) is 19.7. The third kappa shape index (κ3) is 2.52. The number of amides is 1. The van der Waals surface area contributed by atoms with Gasteiger partial charge in [0, 0.05) is 18.4 Å². The van der Waals surface area contributed by atoms with Gasteiger partial charge in [-0.15, -0.1) is 0 Å². The van der Waals surface area contributed by atoms with Gasteiger partial charge in [-0.2, -0.15) is 0 Å². The van der Waals surface area contributed by atoms with E-state index in [0.29, 0.717) is 17.4 Å². The number of aryl methyl sites for hydroxylation is 1. The average molecular weight is 205 g/mol. The van der Waals surface area contributed by atoms with E-state index < -0.39 is 0 Å². The van der Waals surface area contributed by atoms with Gasteiger partial charge in [0.25, 0.3) is 5.91 Å². The Kier molecular flexibility index (Phi) is 2.94. The predicted molar refractivity (Wildman–Crippen MR) is 56.5 cm³/mol. The van der Waals surface area contributed by atoms with E-state index in [4.69, 9.17) is 0 Å². The Morgan fingerprint density at radius 1 is 1.33 bits per heavy atom. The molecule has 15 heavy (non-hydrogen) atoms. The number of carbonyl (C=O) groups is 1. The van der Waals surface area contributed by atoms with Gasteiger partial charge in [-0.3, -0.25) is 4.79 Å². The molecule has 1 saturated carbocycles. The molecule has 0 bridgehead atoms. The second kappa shape index (κ2) is 4.38. The van der Waals surface area contributed by atoms with E-state index in [1.807, 2.05) is 0 Å². The molecule has 1 aromatic heterocycles. The van der Waals surface area contributed by atoms with E-state index >= 15 is 0 Å². The van der Waals surface area contributed by atoms with Crippen LogP contribution < -0.4 is 5.32 Å². The van der Waals surface area contributed by atoms with Crippen LogP contribution >= 0.6 is 0 Å². The van der Waals surface area contributed by atoms with Crippen LogP contribution in [0.15, 0.2) is 12.4 Å². The van der Waals surface area contributed by atoms with E-state index in [0.717, 1.165) is 12.8 Å². The van der Waals surface area contributed by atoms with Crippen LogP contribution in [-0.4, -0.2) is 21.9 Å². The summed E-state index contributed by atoms with van der Waals surface area (Å²) in [6.07, 6.45) is 7.78. The topological polar surface area (TPSA) is 54.9 Å². The standard InChI is InChI=1S/C11H15N3O/c1-8-12-6-9(7-13-8)11(15)14-10-4-2-3-5-10/h6-7,10H,2-5H2,1H3,(H,14,15). The van der Waals surface area contributed by atoms with Crippen LogP contribution in [0.1, 0.15) is 41.9 Å². The van der Waals surface area contributed by atoms with E-state index in [9.17, 15) is 4.79 Å². The molecule has 0 aromatic carbocycles.